The third-order valence-corrected chi connectivity index (χ3v) is 3.52. The van der Waals surface area contributed by atoms with Gasteiger partial charge in [-0.1, -0.05) is 12.1 Å². The minimum absolute atomic E-state index is 0.109. The van der Waals surface area contributed by atoms with Gasteiger partial charge in [-0.05, 0) is 17.7 Å². The van der Waals surface area contributed by atoms with Crippen LogP contribution in [0.15, 0.2) is 30.5 Å². The zero-order valence-electron chi connectivity index (χ0n) is 12.9. The molecule has 2 heterocycles. The summed E-state index contributed by atoms with van der Waals surface area (Å²) in [5, 5.41) is 10.6. The maximum atomic E-state index is 11.5. The SMILES string of the molecule is CNC(=O)c1ccc(CNc2nc(N)c3cnn(C)c3n2)cc1. The van der Waals surface area contributed by atoms with Gasteiger partial charge in [0, 0.05) is 26.2 Å². The largest absolute Gasteiger partial charge is 0.383 e. The number of carbonyl (C=O) groups excluding carboxylic acids is 1. The highest BCUT2D eigenvalue weighted by Gasteiger charge is 2.09. The Bertz CT molecular complexity index is 854. The number of nitrogen functional groups attached to an aromatic ring is 1. The molecule has 2 aromatic heterocycles. The molecule has 0 fully saturated rings. The number of nitrogens with zero attached hydrogens (tertiary/aromatic N) is 4. The molecule has 4 N–H and O–H groups in total. The first kappa shape index (κ1) is 14.8. The van der Waals surface area contributed by atoms with Crippen LogP contribution in [0, 0.1) is 0 Å². The molecule has 3 rings (SSSR count). The second-order valence-corrected chi connectivity index (χ2v) is 5.07. The van der Waals surface area contributed by atoms with Gasteiger partial charge in [0.25, 0.3) is 5.91 Å². The van der Waals surface area contributed by atoms with Crippen molar-refractivity contribution in [2.75, 3.05) is 18.1 Å². The second-order valence-electron chi connectivity index (χ2n) is 5.07. The van der Waals surface area contributed by atoms with Crippen LogP contribution in [0.5, 0.6) is 0 Å². The van der Waals surface area contributed by atoms with E-state index < -0.39 is 0 Å². The molecule has 1 amide bonds. The monoisotopic (exact) mass is 311 g/mol. The molecular formula is C15H17N7O. The Morgan fingerprint density at radius 1 is 1.26 bits per heavy atom. The Balaban J connectivity index is 1.75. The van der Waals surface area contributed by atoms with Gasteiger partial charge >= 0.3 is 0 Å². The highest BCUT2D eigenvalue weighted by atomic mass is 16.1. The summed E-state index contributed by atoms with van der Waals surface area (Å²) in [7, 11) is 3.41. The summed E-state index contributed by atoms with van der Waals surface area (Å²) < 4.78 is 1.65. The van der Waals surface area contributed by atoms with Crippen LogP contribution in [0.25, 0.3) is 11.0 Å². The number of amides is 1. The standard InChI is InChI=1S/C15H17N7O/c1-17-14(23)10-5-3-9(4-6-10)7-18-15-20-12(16)11-8-19-22(2)13(11)21-15/h3-6,8H,7H2,1-2H3,(H,17,23)(H3,16,18,20,21). The summed E-state index contributed by atoms with van der Waals surface area (Å²) in [6.07, 6.45) is 1.64. The maximum absolute atomic E-state index is 11.5. The summed E-state index contributed by atoms with van der Waals surface area (Å²) >= 11 is 0. The number of nitrogens with one attached hydrogen (secondary N) is 2. The summed E-state index contributed by atoms with van der Waals surface area (Å²) in [5.41, 5.74) is 8.22. The molecule has 0 spiro atoms. The fourth-order valence-corrected chi connectivity index (χ4v) is 2.22. The van der Waals surface area contributed by atoms with Crippen LogP contribution in [0.1, 0.15) is 15.9 Å². The van der Waals surface area contributed by atoms with E-state index >= 15 is 0 Å². The summed E-state index contributed by atoms with van der Waals surface area (Å²) in [6.45, 7) is 0.525. The predicted molar refractivity (Wildman–Crippen MR) is 87.9 cm³/mol. The van der Waals surface area contributed by atoms with Crippen molar-refractivity contribution in [2.45, 2.75) is 6.54 Å². The first-order valence-electron chi connectivity index (χ1n) is 7.08. The van der Waals surface area contributed by atoms with Crippen molar-refractivity contribution >= 4 is 28.7 Å². The van der Waals surface area contributed by atoms with Crippen molar-refractivity contribution < 1.29 is 4.79 Å². The first-order chi connectivity index (χ1) is 11.1. The van der Waals surface area contributed by atoms with Crippen molar-refractivity contribution in [1.82, 2.24) is 25.1 Å². The van der Waals surface area contributed by atoms with E-state index in [2.05, 4.69) is 25.7 Å². The van der Waals surface area contributed by atoms with Gasteiger partial charge in [0.2, 0.25) is 5.95 Å². The summed E-state index contributed by atoms with van der Waals surface area (Å²) in [6, 6.07) is 7.30. The fraction of sp³-hybridized carbons (Fsp3) is 0.200. The molecule has 8 nitrogen and oxygen atoms in total. The molecule has 0 aliphatic heterocycles. The Kier molecular flexibility index (Phi) is 3.80. The first-order valence-corrected chi connectivity index (χ1v) is 7.08. The highest BCUT2D eigenvalue weighted by Crippen LogP contribution is 2.18. The maximum Gasteiger partial charge on any atom is 0.251 e. The molecule has 0 radical (unpaired) electrons. The van der Waals surface area contributed by atoms with E-state index in [4.69, 9.17) is 5.73 Å². The van der Waals surface area contributed by atoms with Crippen molar-refractivity contribution in [3.05, 3.63) is 41.6 Å². The molecular weight excluding hydrogens is 294 g/mol. The van der Waals surface area contributed by atoms with Crippen LogP contribution in [0.2, 0.25) is 0 Å². The van der Waals surface area contributed by atoms with Gasteiger partial charge in [0.05, 0.1) is 11.6 Å². The number of hydrogen-bond donors (Lipinski definition) is 3. The topological polar surface area (TPSA) is 111 Å². The van der Waals surface area contributed by atoms with Crippen molar-refractivity contribution in [3.63, 3.8) is 0 Å². The molecule has 3 aromatic rings. The Labute approximate surface area is 132 Å². The zero-order valence-corrected chi connectivity index (χ0v) is 12.9. The quantitative estimate of drug-likeness (QED) is 0.660. The lowest BCUT2D eigenvalue weighted by molar-refractivity contribution is 0.0963. The van der Waals surface area contributed by atoms with Crippen molar-refractivity contribution in [3.8, 4) is 0 Å². The van der Waals surface area contributed by atoms with Gasteiger partial charge in [-0.25, -0.2) is 0 Å². The van der Waals surface area contributed by atoms with Crippen LogP contribution in [-0.4, -0.2) is 32.7 Å². The number of hydrogen-bond acceptors (Lipinski definition) is 6. The number of anilines is 2. The third-order valence-electron chi connectivity index (χ3n) is 3.52. The van der Waals surface area contributed by atoms with Gasteiger partial charge in [0.1, 0.15) is 5.82 Å². The van der Waals surface area contributed by atoms with Crippen molar-refractivity contribution in [2.24, 2.45) is 7.05 Å². The van der Waals surface area contributed by atoms with Gasteiger partial charge in [-0.2, -0.15) is 15.1 Å². The van der Waals surface area contributed by atoms with E-state index in [-0.39, 0.29) is 5.91 Å². The lowest BCUT2D eigenvalue weighted by Gasteiger charge is -2.07. The van der Waals surface area contributed by atoms with Crippen LogP contribution in [-0.2, 0) is 13.6 Å². The lowest BCUT2D eigenvalue weighted by Crippen LogP contribution is -2.17. The average molecular weight is 311 g/mol. The number of carbonyl (C=O) groups is 1. The second kappa shape index (κ2) is 5.91. The Hall–Kier alpha value is -3.16. The molecule has 0 aliphatic rings. The van der Waals surface area contributed by atoms with E-state index in [0.717, 1.165) is 10.9 Å². The molecule has 0 atom stereocenters. The molecule has 8 heteroatoms. The van der Waals surface area contributed by atoms with E-state index in [1.807, 2.05) is 12.1 Å². The normalized spacial score (nSPS) is 10.7. The van der Waals surface area contributed by atoms with Crippen molar-refractivity contribution in [1.29, 1.82) is 0 Å². The average Bonchev–Trinajstić information content (AvgIpc) is 2.94. The molecule has 0 saturated heterocycles. The molecule has 0 aliphatic carbocycles. The highest BCUT2D eigenvalue weighted by molar-refractivity contribution is 5.93. The molecule has 0 unspecified atom stereocenters. The number of aromatic nitrogens is 4. The van der Waals surface area contributed by atoms with Crippen LogP contribution in [0.4, 0.5) is 11.8 Å². The predicted octanol–water partition coefficient (Wildman–Crippen LogP) is 0.917. The molecule has 0 saturated carbocycles. The molecule has 0 bridgehead atoms. The van der Waals surface area contributed by atoms with Gasteiger partial charge in [-0.15, -0.1) is 0 Å². The van der Waals surface area contributed by atoms with E-state index in [1.165, 1.54) is 0 Å². The van der Waals surface area contributed by atoms with Gasteiger partial charge < -0.3 is 16.4 Å². The minimum Gasteiger partial charge on any atom is -0.383 e. The van der Waals surface area contributed by atoms with E-state index in [9.17, 15) is 4.79 Å². The number of nitrogens with two attached hydrogens (primary N) is 1. The fourth-order valence-electron chi connectivity index (χ4n) is 2.22. The smallest absolute Gasteiger partial charge is 0.251 e. The lowest BCUT2D eigenvalue weighted by atomic mass is 10.1. The Morgan fingerprint density at radius 3 is 2.70 bits per heavy atom. The molecule has 118 valence electrons. The van der Waals surface area contributed by atoms with Crippen LogP contribution in [0.3, 0.4) is 0 Å². The molecule has 1 aromatic carbocycles. The number of benzene rings is 1. The van der Waals surface area contributed by atoms with Crippen LogP contribution < -0.4 is 16.4 Å². The third kappa shape index (κ3) is 2.91. The minimum atomic E-state index is -0.109. The Morgan fingerprint density at radius 2 is 2.00 bits per heavy atom. The van der Waals surface area contributed by atoms with Crippen LogP contribution >= 0.6 is 0 Å². The number of aryl methyl sites for hydroxylation is 1. The van der Waals surface area contributed by atoms with E-state index in [1.54, 1.807) is 37.1 Å². The zero-order chi connectivity index (χ0) is 16.4. The summed E-state index contributed by atoms with van der Waals surface area (Å²) in [5.74, 6) is 0.719. The van der Waals surface area contributed by atoms with Gasteiger partial charge in [-0.3, -0.25) is 9.48 Å². The molecule has 23 heavy (non-hydrogen) atoms. The number of rotatable bonds is 4. The summed E-state index contributed by atoms with van der Waals surface area (Å²) in [4.78, 5) is 20.1. The van der Waals surface area contributed by atoms with E-state index in [0.29, 0.717) is 29.5 Å². The number of fused-ring (bicyclic) bond motifs is 1. The van der Waals surface area contributed by atoms with Gasteiger partial charge in [0.15, 0.2) is 5.65 Å².